The SMILES string of the molecule is COc1cc(OC(C)=O)cc2c1CCC(c1ccccc1)O2. The van der Waals surface area contributed by atoms with E-state index in [2.05, 4.69) is 12.1 Å². The number of hydrogen-bond donors (Lipinski definition) is 0. The highest BCUT2D eigenvalue weighted by molar-refractivity contribution is 5.70. The van der Waals surface area contributed by atoms with Crippen molar-refractivity contribution in [1.82, 2.24) is 0 Å². The third kappa shape index (κ3) is 2.91. The van der Waals surface area contributed by atoms with Gasteiger partial charge in [0.2, 0.25) is 0 Å². The fourth-order valence-corrected chi connectivity index (χ4v) is 2.74. The zero-order chi connectivity index (χ0) is 15.5. The van der Waals surface area contributed by atoms with Crippen molar-refractivity contribution in [2.75, 3.05) is 7.11 Å². The minimum absolute atomic E-state index is 0.00554. The van der Waals surface area contributed by atoms with Gasteiger partial charge in [-0.2, -0.15) is 0 Å². The van der Waals surface area contributed by atoms with Crippen LogP contribution in [0.25, 0.3) is 0 Å². The predicted molar refractivity (Wildman–Crippen MR) is 82.4 cm³/mol. The molecule has 0 fully saturated rings. The Morgan fingerprint density at radius 2 is 2.00 bits per heavy atom. The van der Waals surface area contributed by atoms with Crippen molar-refractivity contribution in [2.24, 2.45) is 0 Å². The molecule has 1 unspecified atom stereocenters. The van der Waals surface area contributed by atoms with Gasteiger partial charge in [-0.15, -0.1) is 0 Å². The Labute approximate surface area is 129 Å². The van der Waals surface area contributed by atoms with E-state index in [0.29, 0.717) is 11.5 Å². The zero-order valence-electron chi connectivity index (χ0n) is 12.7. The molecule has 0 aromatic heterocycles. The monoisotopic (exact) mass is 298 g/mol. The van der Waals surface area contributed by atoms with Crippen LogP contribution in [-0.4, -0.2) is 13.1 Å². The van der Waals surface area contributed by atoms with Crippen molar-refractivity contribution in [3.05, 3.63) is 53.6 Å². The second-order valence-corrected chi connectivity index (χ2v) is 5.25. The number of rotatable bonds is 3. The molecule has 4 nitrogen and oxygen atoms in total. The van der Waals surface area contributed by atoms with Crippen LogP contribution >= 0.6 is 0 Å². The molecule has 1 aliphatic rings. The van der Waals surface area contributed by atoms with Crippen molar-refractivity contribution in [3.8, 4) is 17.2 Å². The number of carbonyl (C=O) groups excluding carboxylic acids is 1. The molecular formula is C18H18O4. The van der Waals surface area contributed by atoms with Crippen LogP contribution in [0.3, 0.4) is 0 Å². The van der Waals surface area contributed by atoms with Gasteiger partial charge in [0.05, 0.1) is 7.11 Å². The maximum Gasteiger partial charge on any atom is 0.308 e. The second-order valence-electron chi connectivity index (χ2n) is 5.25. The molecule has 1 heterocycles. The molecule has 0 saturated carbocycles. The lowest BCUT2D eigenvalue weighted by molar-refractivity contribution is -0.131. The molecule has 0 spiro atoms. The van der Waals surface area contributed by atoms with Crippen LogP contribution in [0, 0.1) is 0 Å². The molecule has 22 heavy (non-hydrogen) atoms. The Hall–Kier alpha value is -2.49. The van der Waals surface area contributed by atoms with Gasteiger partial charge in [0.15, 0.2) is 0 Å². The van der Waals surface area contributed by atoms with Crippen LogP contribution < -0.4 is 14.2 Å². The van der Waals surface area contributed by atoms with E-state index >= 15 is 0 Å². The standard InChI is InChI=1S/C18H18O4/c1-12(19)21-14-10-17(20-2)15-8-9-16(22-18(15)11-14)13-6-4-3-5-7-13/h3-7,10-11,16H,8-9H2,1-2H3. The average molecular weight is 298 g/mol. The van der Waals surface area contributed by atoms with E-state index < -0.39 is 0 Å². The third-order valence-corrected chi connectivity index (χ3v) is 3.72. The molecule has 0 bridgehead atoms. The topological polar surface area (TPSA) is 44.8 Å². The largest absolute Gasteiger partial charge is 0.496 e. The summed E-state index contributed by atoms with van der Waals surface area (Å²) in [5.74, 6) is 1.49. The van der Waals surface area contributed by atoms with Crippen molar-refractivity contribution in [3.63, 3.8) is 0 Å². The highest BCUT2D eigenvalue weighted by atomic mass is 16.5. The molecule has 2 aromatic carbocycles. The van der Waals surface area contributed by atoms with Crippen LogP contribution in [0.2, 0.25) is 0 Å². The van der Waals surface area contributed by atoms with Gasteiger partial charge >= 0.3 is 5.97 Å². The number of carbonyl (C=O) groups is 1. The average Bonchev–Trinajstić information content (AvgIpc) is 2.53. The minimum Gasteiger partial charge on any atom is -0.496 e. The van der Waals surface area contributed by atoms with Gasteiger partial charge in [0, 0.05) is 24.6 Å². The van der Waals surface area contributed by atoms with E-state index in [-0.39, 0.29) is 12.1 Å². The Kier molecular flexibility index (Phi) is 4.00. The summed E-state index contributed by atoms with van der Waals surface area (Å²) in [5.41, 5.74) is 2.16. The molecule has 4 heteroatoms. The lowest BCUT2D eigenvalue weighted by Gasteiger charge is -2.28. The van der Waals surface area contributed by atoms with E-state index in [1.54, 1.807) is 19.2 Å². The normalized spacial score (nSPS) is 16.4. The summed E-state index contributed by atoms with van der Waals surface area (Å²) in [6.45, 7) is 1.37. The van der Waals surface area contributed by atoms with E-state index in [4.69, 9.17) is 14.2 Å². The molecule has 0 aliphatic carbocycles. The molecule has 0 N–H and O–H groups in total. The van der Waals surface area contributed by atoms with E-state index in [1.165, 1.54) is 6.92 Å². The molecule has 114 valence electrons. The first kappa shape index (κ1) is 14.4. The molecule has 1 aliphatic heterocycles. The Bertz CT molecular complexity index is 679. The van der Waals surface area contributed by atoms with Gasteiger partial charge in [-0.05, 0) is 18.4 Å². The first-order valence-corrected chi connectivity index (χ1v) is 7.28. The lowest BCUT2D eigenvalue weighted by atomic mass is 9.96. The van der Waals surface area contributed by atoms with Crippen LogP contribution in [-0.2, 0) is 11.2 Å². The minimum atomic E-state index is -0.363. The highest BCUT2D eigenvalue weighted by Crippen LogP contribution is 2.42. The fourth-order valence-electron chi connectivity index (χ4n) is 2.74. The maximum absolute atomic E-state index is 11.2. The Morgan fingerprint density at radius 3 is 2.68 bits per heavy atom. The van der Waals surface area contributed by atoms with Crippen molar-refractivity contribution in [2.45, 2.75) is 25.9 Å². The summed E-state index contributed by atoms with van der Waals surface area (Å²) >= 11 is 0. The van der Waals surface area contributed by atoms with E-state index in [1.807, 2.05) is 18.2 Å². The molecule has 2 aromatic rings. The van der Waals surface area contributed by atoms with Gasteiger partial charge in [-0.1, -0.05) is 30.3 Å². The summed E-state index contributed by atoms with van der Waals surface area (Å²) < 4.78 is 16.7. The smallest absolute Gasteiger partial charge is 0.308 e. The zero-order valence-corrected chi connectivity index (χ0v) is 12.7. The number of benzene rings is 2. The number of methoxy groups -OCH3 is 1. The van der Waals surface area contributed by atoms with Crippen molar-refractivity contribution < 1.29 is 19.0 Å². The van der Waals surface area contributed by atoms with Crippen LogP contribution in [0.15, 0.2) is 42.5 Å². The third-order valence-electron chi connectivity index (χ3n) is 3.72. The van der Waals surface area contributed by atoms with Gasteiger partial charge in [-0.3, -0.25) is 4.79 Å². The van der Waals surface area contributed by atoms with Gasteiger partial charge in [0.25, 0.3) is 0 Å². The number of ether oxygens (including phenoxy) is 3. The second kappa shape index (κ2) is 6.10. The molecule has 0 radical (unpaired) electrons. The summed E-state index contributed by atoms with van der Waals surface area (Å²) in [7, 11) is 1.61. The number of esters is 1. The van der Waals surface area contributed by atoms with E-state index in [0.717, 1.165) is 29.7 Å². The Morgan fingerprint density at radius 1 is 1.23 bits per heavy atom. The van der Waals surface area contributed by atoms with Gasteiger partial charge in [-0.25, -0.2) is 0 Å². The molecule has 3 rings (SSSR count). The molecule has 0 amide bonds. The van der Waals surface area contributed by atoms with Crippen LogP contribution in [0.1, 0.15) is 30.6 Å². The molecule has 1 atom stereocenters. The summed E-state index contributed by atoms with van der Waals surface area (Å²) in [5, 5.41) is 0. The number of fused-ring (bicyclic) bond motifs is 1. The summed E-state index contributed by atoms with van der Waals surface area (Å²) in [4.78, 5) is 11.2. The molecular weight excluding hydrogens is 280 g/mol. The van der Waals surface area contributed by atoms with Gasteiger partial charge < -0.3 is 14.2 Å². The van der Waals surface area contributed by atoms with Crippen molar-refractivity contribution >= 4 is 5.97 Å². The first-order chi connectivity index (χ1) is 10.7. The highest BCUT2D eigenvalue weighted by Gasteiger charge is 2.25. The predicted octanol–water partition coefficient (Wildman–Crippen LogP) is 3.69. The first-order valence-electron chi connectivity index (χ1n) is 7.28. The van der Waals surface area contributed by atoms with Gasteiger partial charge in [0.1, 0.15) is 23.4 Å². The lowest BCUT2D eigenvalue weighted by Crippen LogP contribution is -2.16. The van der Waals surface area contributed by atoms with E-state index in [9.17, 15) is 4.79 Å². The summed E-state index contributed by atoms with van der Waals surface area (Å²) in [6.07, 6.45) is 1.75. The van der Waals surface area contributed by atoms with Crippen molar-refractivity contribution in [1.29, 1.82) is 0 Å². The maximum atomic E-state index is 11.2. The fraction of sp³-hybridized carbons (Fsp3) is 0.278. The number of hydrogen-bond acceptors (Lipinski definition) is 4. The quantitative estimate of drug-likeness (QED) is 0.640. The summed E-state index contributed by atoms with van der Waals surface area (Å²) in [6, 6.07) is 13.6. The van der Waals surface area contributed by atoms with Crippen LogP contribution in [0.4, 0.5) is 0 Å². The van der Waals surface area contributed by atoms with Crippen LogP contribution in [0.5, 0.6) is 17.2 Å². The molecule has 0 saturated heterocycles. The Balaban J connectivity index is 1.93.